The van der Waals surface area contributed by atoms with E-state index < -0.39 is 10.0 Å². The van der Waals surface area contributed by atoms with Gasteiger partial charge in [0.1, 0.15) is 5.75 Å². The number of methoxy groups -OCH3 is 1. The number of amides is 1. The lowest BCUT2D eigenvalue weighted by Crippen LogP contribution is -2.40. The summed E-state index contributed by atoms with van der Waals surface area (Å²) in [5, 5.41) is 3.14. The van der Waals surface area contributed by atoms with Gasteiger partial charge in [0.2, 0.25) is 10.0 Å². The van der Waals surface area contributed by atoms with E-state index >= 15 is 0 Å². The lowest BCUT2D eigenvalue weighted by Gasteiger charge is -2.28. The summed E-state index contributed by atoms with van der Waals surface area (Å²) in [5.74, 6) is 2.19. The first-order valence-corrected chi connectivity index (χ1v) is 12.8. The molecule has 1 heterocycles. The smallest absolute Gasteiger partial charge is 0.255 e. The second-order valence-electron chi connectivity index (χ2n) is 9.28. The Kier molecular flexibility index (Phi) is 6.39. The Bertz CT molecular complexity index is 877. The fourth-order valence-electron chi connectivity index (χ4n) is 5.75. The molecule has 7 heteroatoms. The third-order valence-electron chi connectivity index (χ3n) is 7.41. The van der Waals surface area contributed by atoms with Crippen molar-refractivity contribution in [2.24, 2.45) is 17.8 Å². The zero-order valence-electron chi connectivity index (χ0n) is 18.1. The first-order valence-electron chi connectivity index (χ1n) is 11.4. The van der Waals surface area contributed by atoms with Crippen LogP contribution in [0.15, 0.2) is 23.1 Å². The number of fused-ring (bicyclic) bond motifs is 2. The summed E-state index contributed by atoms with van der Waals surface area (Å²) < 4.78 is 33.3. The van der Waals surface area contributed by atoms with E-state index in [2.05, 4.69) is 12.2 Å². The van der Waals surface area contributed by atoms with E-state index in [1.54, 1.807) is 16.4 Å². The number of carbonyl (C=O) groups excluding carboxylic acids is 1. The Morgan fingerprint density at radius 1 is 1.13 bits per heavy atom. The quantitative estimate of drug-likeness (QED) is 0.739. The van der Waals surface area contributed by atoms with Crippen LogP contribution in [0.25, 0.3) is 0 Å². The molecule has 166 valence electrons. The van der Waals surface area contributed by atoms with Crippen LogP contribution in [0.3, 0.4) is 0 Å². The van der Waals surface area contributed by atoms with E-state index in [0.29, 0.717) is 36.2 Å². The number of carbonyl (C=O) groups is 1. The highest BCUT2D eigenvalue weighted by Crippen LogP contribution is 2.49. The van der Waals surface area contributed by atoms with Crippen molar-refractivity contribution in [3.05, 3.63) is 23.8 Å². The van der Waals surface area contributed by atoms with Gasteiger partial charge in [0.15, 0.2) is 0 Å². The van der Waals surface area contributed by atoms with Gasteiger partial charge in [-0.2, -0.15) is 4.31 Å². The molecule has 1 aromatic carbocycles. The lowest BCUT2D eigenvalue weighted by molar-refractivity contribution is 0.0912. The van der Waals surface area contributed by atoms with Gasteiger partial charge in [-0.15, -0.1) is 0 Å². The minimum Gasteiger partial charge on any atom is -0.496 e. The summed E-state index contributed by atoms with van der Waals surface area (Å²) >= 11 is 0. The van der Waals surface area contributed by atoms with Crippen molar-refractivity contribution in [2.45, 2.75) is 69.2 Å². The van der Waals surface area contributed by atoms with Crippen LogP contribution >= 0.6 is 0 Å². The Balaban J connectivity index is 1.54. The van der Waals surface area contributed by atoms with E-state index in [-0.39, 0.29) is 16.8 Å². The first kappa shape index (κ1) is 21.6. The van der Waals surface area contributed by atoms with E-state index in [1.807, 2.05) is 0 Å². The van der Waals surface area contributed by atoms with Gasteiger partial charge in [-0.25, -0.2) is 8.42 Å². The van der Waals surface area contributed by atoms with Crippen molar-refractivity contribution in [2.75, 3.05) is 20.2 Å². The number of ether oxygens (including phenoxy) is 1. The van der Waals surface area contributed by atoms with Crippen molar-refractivity contribution >= 4 is 15.9 Å². The fraction of sp³-hybridized carbons (Fsp3) is 0.696. The fourth-order valence-corrected chi connectivity index (χ4v) is 7.30. The van der Waals surface area contributed by atoms with Crippen molar-refractivity contribution in [3.63, 3.8) is 0 Å². The second-order valence-corrected chi connectivity index (χ2v) is 11.2. The van der Waals surface area contributed by atoms with Crippen LogP contribution in [0.5, 0.6) is 5.75 Å². The minimum atomic E-state index is -3.62. The third-order valence-corrected chi connectivity index (χ3v) is 9.31. The highest BCUT2D eigenvalue weighted by Gasteiger charge is 2.42. The topological polar surface area (TPSA) is 75.7 Å². The summed E-state index contributed by atoms with van der Waals surface area (Å²) in [6.07, 6.45) is 8.94. The molecule has 6 nitrogen and oxygen atoms in total. The zero-order chi connectivity index (χ0) is 21.3. The number of benzene rings is 1. The average molecular weight is 435 g/mol. The predicted molar refractivity (Wildman–Crippen MR) is 116 cm³/mol. The SMILES string of the molecule is COc1ccc(S(=O)(=O)N2CCCCCC2)cc1C(=O)NC(C)C1CC2CCC1C2. The molecule has 2 bridgehead atoms. The molecule has 1 amide bonds. The molecule has 30 heavy (non-hydrogen) atoms. The van der Waals surface area contributed by atoms with Crippen LogP contribution in [-0.2, 0) is 10.0 Å². The van der Waals surface area contributed by atoms with Crippen LogP contribution in [0.4, 0.5) is 0 Å². The van der Waals surface area contributed by atoms with Gasteiger partial charge in [0.25, 0.3) is 5.91 Å². The average Bonchev–Trinajstić information content (AvgIpc) is 3.27. The first-order chi connectivity index (χ1) is 14.4. The predicted octanol–water partition coefficient (Wildman–Crippen LogP) is 3.81. The highest BCUT2D eigenvalue weighted by atomic mass is 32.2. The monoisotopic (exact) mass is 434 g/mol. The molecule has 1 aromatic rings. The maximum atomic E-state index is 13.2. The summed E-state index contributed by atoms with van der Waals surface area (Å²) in [7, 11) is -2.11. The number of hydrogen-bond acceptors (Lipinski definition) is 4. The standard InChI is InChI=1S/C23H34N2O4S/c1-16(20-14-17-7-8-18(20)13-17)24-23(26)21-15-19(9-10-22(21)29-2)30(27,28)25-11-5-3-4-6-12-25/h9-10,15-18,20H,3-8,11-14H2,1-2H3,(H,24,26). The number of hydrogen-bond donors (Lipinski definition) is 1. The van der Waals surface area contributed by atoms with Crippen molar-refractivity contribution in [1.29, 1.82) is 0 Å². The van der Waals surface area contributed by atoms with E-state index in [4.69, 9.17) is 4.74 Å². The van der Waals surface area contributed by atoms with Crippen molar-refractivity contribution in [3.8, 4) is 5.75 Å². The molecule has 2 saturated carbocycles. The molecule has 4 unspecified atom stereocenters. The summed E-state index contributed by atoms with van der Waals surface area (Å²) in [4.78, 5) is 13.3. The molecule has 1 saturated heterocycles. The maximum absolute atomic E-state index is 13.2. The van der Waals surface area contributed by atoms with Crippen LogP contribution in [0.1, 0.15) is 68.6 Å². The van der Waals surface area contributed by atoms with Crippen molar-refractivity contribution in [1.82, 2.24) is 9.62 Å². The maximum Gasteiger partial charge on any atom is 0.255 e. The Hall–Kier alpha value is -1.60. The molecular weight excluding hydrogens is 400 g/mol. The summed E-state index contributed by atoms with van der Waals surface area (Å²) in [6, 6.07) is 4.71. The Labute approximate surface area is 180 Å². The second kappa shape index (κ2) is 8.87. The van der Waals surface area contributed by atoms with Crippen LogP contribution < -0.4 is 10.1 Å². The van der Waals surface area contributed by atoms with Gasteiger partial charge < -0.3 is 10.1 Å². The van der Waals surface area contributed by atoms with Gasteiger partial charge in [0, 0.05) is 19.1 Å². The van der Waals surface area contributed by atoms with Gasteiger partial charge in [0.05, 0.1) is 17.6 Å². The molecule has 4 atom stereocenters. The van der Waals surface area contributed by atoms with Crippen LogP contribution in [0, 0.1) is 17.8 Å². The minimum absolute atomic E-state index is 0.0726. The van der Waals surface area contributed by atoms with E-state index in [9.17, 15) is 13.2 Å². The Morgan fingerprint density at radius 3 is 2.47 bits per heavy atom. The molecule has 1 aliphatic heterocycles. The number of nitrogens with zero attached hydrogens (tertiary/aromatic N) is 1. The Morgan fingerprint density at radius 2 is 1.87 bits per heavy atom. The lowest BCUT2D eigenvalue weighted by atomic mass is 9.84. The van der Waals surface area contributed by atoms with Crippen LogP contribution in [-0.4, -0.2) is 44.9 Å². The molecule has 0 radical (unpaired) electrons. The van der Waals surface area contributed by atoms with E-state index in [1.165, 1.54) is 38.9 Å². The molecule has 0 spiro atoms. The van der Waals surface area contributed by atoms with Crippen LogP contribution in [0.2, 0.25) is 0 Å². The molecule has 3 aliphatic rings. The number of sulfonamides is 1. The number of rotatable bonds is 6. The highest BCUT2D eigenvalue weighted by molar-refractivity contribution is 7.89. The summed E-state index contributed by atoms with van der Waals surface area (Å²) in [6.45, 7) is 3.15. The van der Waals surface area contributed by atoms with E-state index in [0.717, 1.165) is 31.6 Å². The molecule has 0 aromatic heterocycles. The van der Waals surface area contributed by atoms with Gasteiger partial charge in [-0.05, 0) is 75.0 Å². The third kappa shape index (κ3) is 4.24. The molecule has 1 N–H and O–H groups in total. The zero-order valence-corrected chi connectivity index (χ0v) is 18.9. The normalized spacial score (nSPS) is 28.1. The molecular formula is C23H34N2O4S. The van der Waals surface area contributed by atoms with Crippen molar-refractivity contribution < 1.29 is 17.9 Å². The largest absolute Gasteiger partial charge is 0.496 e. The van der Waals surface area contributed by atoms with Gasteiger partial charge in [-0.1, -0.05) is 19.3 Å². The number of nitrogens with one attached hydrogen (secondary N) is 1. The molecule has 2 aliphatic carbocycles. The van der Waals surface area contributed by atoms with Gasteiger partial charge in [-0.3, -0.25) is 4.79 Å². The molecule has 4 rings (SSSR count). The summed E-state index contributed by atoms with van der Waals surface area (Å²) in [5.41, 5.74) is 0.295. The van der Waals surface area contributed by atoms with Gasteiger partial charge >= 0.3 is 0 Å². The molecule has 3 fully saturated rings.